The van der Waals surface area contributed by atoms with Gasteiger partial charge in [-0.3, -0.25) is 0 Å². The van der Waals surface area contributed by atoms with Crippen molar-refractivity contribution in [3.63, 3.8) is 0 Å². The monoisotopic (exact) mass is 332 g/mol. The molecule has 0 radical (unpaired) electrons. The molecule has 0 amide bonds. The summed E-state index contributed by atoms with van der Waals surface area (Å²) in [6, 6.07) is 5.45. The Labute approximate surface area is 141 Å². The summed E-state index contributed by atoms with van der Waals surface area (Å²) >= 11 is 0. The Morgan fingerprint density at radius 2 is 2.00 bits per heavy atom. The predicted molar refractivity (Wildman–Crippen MR) is 91.6 cm³/mol. The van der Waals surface area contributed by atoms with E-state index in [1.807, 2.05) is 19.1 Å². The summed E-state index contributed by atoms with van der Waals surface area (Å²) in [4.78, 5) is 11.8. The second kappa shape index (κ2) is 7.81. The Morgan fingerprint density at radius 1 is 1.21 bits per heavy atom. The zero-order valence-corrected chi connectivity index (χ0v) is 14.3. The van der Waals surface area contributed by atoms with Crippen molar-refractivity contribution >= 4 is 11.0 Å². The standard InChI is InChI=1S/C19H24O5/c1-3-5-14-12-17(20)24-16-11-13(2)10-15(19(14)16)21-9-6-18-22-7-4-8-23-18/h10-12,18H,3-9H2,1-2H3. The van der Waals surface area contributed by atoms with Crippen LogP contribution in [0.3, 0.4) is 0 Å². The molecule has 5 nitrogen and oxygen atoms in total. The largest absolute Gasteiger partial charge is 0.493 e. The van der Waals surface area contributed by atoms with Gasteiger partial charge in [-0.25, -0.2) is 4.79 Å². The third kappa shape index (κ3) is 3.97. The normalized spacial score (nSPS) is 15.8. The van der Waals surface area contributed by atoms with Crippen molar-refractivity contribution < 1.29 is 18.6 Å². The number of aryl methyl sites for hydroxylation is 2. The van der Waals surface area contributed by atoms with E-state index in [9.17, 15) is 4.79 Å². The minimum Gasteiger partial charge on any atom is -0.493 e. The first-order chi connectivity index (χ1) is 11.7. The SMILES string of the molecule is CCCc1cc(=O)oc2cc(C)cc(OCCC3OCCCO3)c12. The topological polar surface area (TPSA) is 57.9 Å². The highest BCUT2D eigenvalue weighted by Crippen LogP contribution is 2.30. The fraction of sp³-hybridized carbons (Fsp3) is 0.526. The van der Waals surface area contributed by atoms with Gasteiger partial charge >= 0.3 is 5.63 Å². The predicted octanol–water partition coefficient (Wildman–Crippen LogP) is 3.59. The summed E-state index contributed by atoms with van der Waals surface area (Å²) in [6.45, 7) is 6.03. The van der Waals surface area contributed by atoms with Crippen molar-refractivity contribution in [1.82, 2.24) is 0 Å². The second-order valence-corrected chi connectivity index (χ2v) is 6.14. The molecule has 0 atom stereocenters. The Morgan fingerprint density at radius 3 is 2.75 bits per heavy atom. The third-order valence-corrected chi connectivity index (χ3v) is 4.06. The van der Waals surface area contributed by atoms with Crippen LogP contribution in [0.2, 0.25) is 0 Å². The van der Waals surface area contributed by atoms with Crippen LogP contribution in [0, 0.1) is 6.92 Å². The van der Waals surface area contributed by atoms with Crippen molar-refractivity contribution in [3.8, 4) is 5.75 Å². The lowest BCUT2D eigenvalue weighted by molar-refractivity contribution is -0.183. The van der Waals surface area contributed by atoms with Crippen LogP contribution >= 0.6 is 0 Å². The average molecular weight is 332 g/mol. The van der Waals surface area contributed by atoms with E-state index in [1.165, 1.54) is 0 Å². The van der Waals surface area contributed by atoms with Crippen molar-refractivity contribution in [2.24, 2.45) is 0 Å². The maximum absolute atomic E-state index is 11.8. The van der Waals surface area contributed by atoms with Crippen LogP contribution in [0.25, 0.3) is 11.0 Å². The number of ether oxygens (including phenoxy) is 3. The van der Waals surface area contributed by atoms with Crippen LogP contribution in [-0.2, 0) is 15.9 Å². The fourth-order valence-electron chi connectivity index (χ4n) is 3.02. The molecule has 1 aromatic heterocycles. The quantitative estimate of drug-likeness (QED) is 0.757. The zero-order chi connectivity index (χ0) is 16.9. The minimum atomic E-state index is -0.313. The fourth-order valence-corrected chi connectivity index (χ4v) is 3.02. The number of rotatable bonds is 6. The summed E-state index contributed by atoms with van der Waals surface area (Å²) in [6.07, 6.45) is 3.20. The molecule has 3 rings (SSSR count). The molecule has 1 aliphatic heterocycles. The second-order valence-electron chi connectivity index (χ2n) is 6.14. The van der Waals surface area contributed by atoms with E-state index in [4.69, 9.17) is 18.6 Å². The van der Waals surface area contributed by atoms with Gasteiger partial charge in [-0.05, 0) is 43.0 Å². The molecule has 2 heterocycles. The van der Waals surface area contributed by atoms with Gasteiger partial charge < -0.3 is 18.6 Å². The first kappa shape index (κ1) is 17.0. The van der Waals surface area contributed by atoms with E-state index >= 15 is 0 Å². The van der Waals surface area contributed by atoms with Gasteiger partial charge in [-0.15, -0.1) is 0 Å². The van der Waals surface area contributed by atoms with Crippen LogP contribution in [0.5, 0.6) is 5.75 Å². The molecule has 2 aromatic rings. The van der Waals surface area contributed by atoms with Crippen molar-refractivity contribution in [3.05, 3.63) is 39.7 Å². The number of benzene rings is 1. The number of hydrogen-bond acceptors (Lipinski definition) is 5. The van der Waals surface area contributed by atoms with E-state index in [0.29, 0.717) is 18.6 Å². The molecule has 24 heavy (non-hydrogen) atoms. The summed E-state index contributed by atoms with van der Waals surface area (Å²) in [5, 5.41) is 0.896. The van der Waals surface area contributed by atoms with Crippen molar-refractivity contribution in [1.29, 1.82) is 0 Å². The van der Waals surface area contributed by atoms with Crippen LogP contribution in [0.15, 0.2) is 27.4 Å². The maximum Gasteiger partial charge on any atom is 0.336 e. The summed E-state index contributed by atoms with van der Waals surface area (Å²) in [5.74, 6) is 0.757. The molecule has 1 aromatic carbocycles. The van der Waals surface area contributed by atoms with Gasteiger partial charge in [0.15, 0.2) is 6.29 Å². The van der Waals surface area contributed by atoms with Gasteiger partial charge in [0.25, 0.3) is 0 Å². The smallest absolute Gasteiger partial charge is 0.336 e. The van der Waals surface area contributed by atoms with Crippen LogP contribution in [0.4, 0.5) is 0 Å². The molecule has 1 fully saturated rings. The molecule has 0 bridgehead atoms. The average Bonchev–Trinajstić information content (AvgIpc) is 2.55. The Balaban J connectivity index is 1.84. The van der Waals surface area contributed by atoms with Gasteiger partial charge in [-0.2, -0.15) is 0 Å². The first-order valence-corrected chi connectivity index (χ1v) is 8.60. The Bertz CT molecular complexity index is 743. The number of hydrogen-bond donors (Lipinski definition) is 0. The molecular weight excluding hydrogens is 308 g/mol. The minimum absolute atomic E-state index is 0.192. The highest BCUT2D eigenvalue weighted by molar-refractivity contribution is 5.87. The van der Waals surface area contributed by atoms with Gasteiger partial charge in [0, 0.05) is 12.5 Å². The lowest BCUT2D eigenvalue weighted by atomic mass is 10.0. The summed E-state index contributed by atoms with van der Waals surface area (Å²) in [5.41, 5.74) is 2.25. The molecule has 1 aliphatic rings. The molecular formula is C19H24O5. The molecule has 5 heteroatoms. The highest BCUT2D eigenvalue weighted by atomic mass is 16.7. The van der Waals surface area contributed by atoms with E-state index in [0.717, 1.165) is 54.7 Å². The zero-order valence-electron chi connectivity index (χ0n) is 14.3. The van der Waals surface area contributed by atoms with Gasteiger partial charge in [-0.1, -0.05) is 13.3 Å². The van der Waals surface area contributed by atoms with Crippen molar-refractivity contribution in [2.75, 3.05) is 19.8 Å². The molecule has 130 valence electrons. The van der Waals surface area contributed by atoms with Gasteiger partial charge in [0.2, 0.25) is 0 Å². The summed E-state index contributed by atoms with van der Waals surface area (Å²) in [7, 11) is 0. The van der Waals surface area contributed by atoms with Crippen LogP contribution in [0.1, 0.15) is 37.3 Å². The Hall–Kier alpha value is -1.85. The summed E-state index contributed by atoms with van der Waals surface area (Å²) < 4.78 is 22.5. The van der Waals surface area contributed by atoms with Gasteiger partial charge in [0.1, 0.15) is 11.3 Å². The molecule has 0 saturated carbocycles. The maximum atomic E-state index is 11.8. The van der Waals surface area contributed by atoms with E-state index in [1.54, 1.807) is 6.07 Å². The highest BCUT2D eigenvalue weighted by Gasteiger charge is 2.16. The first-order valence-electron chi connectivity index (χ1n) is 8.60. The number of fused-ring (bicyclic) bond motifs is 1. The molecule has 0 spiro atoms. The lowest BCUT2D eigenvalue weighted by Crippen LogP contribution is -2.26. The van der Waals surface area contributed by atoms with E-state index < -0.39 is 0 Å². The van der Waals surface area contributed by atoms with E-state index in [2.05, 4.69) is 6.92 Å². The molecule has 0 N–H and O–H groups in total. The van der Waals surface area contributed by atoms with E-state index in [-0.39, 0.29) is 11.9 Å². The molecule has 0 unspecified atom stereocenters. The van der Waals surface area contributed by atoms with Crippen LogP contribution in [-0.4, -0.2) is 26.1 Å². The van der Waals surface area contributed by atoms with Crippen molar-refractivity contribution in [2.45, 2.75) is 45.8 Å². The molecule has 1 saturated heterocycles. The third-order valence-electron chi connectivity index (χ3n) is 4.06. The van der Waals surface area contributed by atoms with Crippen LogP contribution < -0.4 is 10.4 Å². The lowest BCUT2D eigenvalue weighted by Gasteiger charge is -2.23. The molecule has 0 aliphatic carbocycles. The van der Waals surface area contributed by atoms with Gasteiger partial charge in [0.05, 0.1) is 25.2 Å². The Kier molecular flexibility index (Phi) is 5.53.